The van der Waals surface area contributed by atoms with Crippen molar-refractivity contribution in [3.8, 4) is 0 Å². The summed E-state index contributed by atoms with van der Waals surface area (Å²) in [5, 5.41) is 5.66. The number of nitrogens with zero attached hydrogens (tertiary/aromatic N) is 1. The molecule has 1 atom stereocenters. The number of rotatable bonds is 6. The molecule has 6 nitrogen and oxygen atoms in total. The highest BCUT2D eigenvalue weighted by molar-refractivity contribution is 7.89. The first-order chi connectivity index (χ1) is 13.5. The Kier molecular flexibility index (Phi) is 6.70. The number of urea groups is 1. The van der Waals surface area contributed by atoms with Crippen LogP contribution in [-0.2, 0) is 16.6 Å². The van der Waals surface area contributed by atoms with E-state index >= 15 is 0 Å². The summed E-state index contributed by atoms with van der Waals surface area (Å²) < 4.78 is 27.6. The van der Waals surface area contributed by atoms with Crippen molar-refractivity contribution in [1.29, 1.82) is 0 Å². The van der Waals surface area contributed by atoms with E-state index in [0.29, 0.717) is 18.7 Å². The number of hydrogen-bond acceptors (Lipinski definition) is 3. The van der Waals surface area contributed by atoms with Crippen LogP contribution in [0.4, 0.5) is 4.79 Å². The molecular weight excluding hydrogens is 374 g/mol. The Morgan fingerprint density at radius 2 is 1.64 bits per heavy atom. The molecule has 3 rings (SSSR count). The molecule has 7 heteroatoms. The van der Waals surface area contributed by atoms with Gasteiger partial charge in [0.15, 0.2) is 0 Å². The molecule has 0 aromatic heterocycles. The first-order valence-electron chi connectivity index (χ1n) is 9.66. The zero-order chi connectivity index (χ0) is 20.0. The number of amides is 2. The summed E-state index contributed by atoms with van der Waals surface area (Å²) in [4.78, 5) is 12.6. The standard InChI is InChI=1S/C21H27N3O3S/c1-17(18-10-4-2-5-11-18)23-21(25)22-16-19-12-6-7-13-20(19)28(26,27)24-14-8-3-9-15-24/h2,4-7,10-13,17H,3,8-9,14-16H2,1H3,(H2,22,23,25). The maximum atomic E-state index is 13.0. The average Bonchev–Trinajstić information content (AvgIpc) is 2.73. The molecule has 2 N–H and O–H groups in total. The van der Waals surface area contributed by atoms with E-state index in [9.17, 15) is 13.2 Å². The van der Waals surface area contributed by atoms with Crippen LogP contribution >= 0.6 is 0 Å². The lowest BCUT2D eigenvalue weighted by Crippen LogP contribution is -2.38. The molecule has 0 radical (unpaired) electrons. The van der Waals surface area contributed by atoms with Crippen molar-refractivity contribution < 1.29 is 13.2 Å². The fourth-order valence-corrected chi connectivity index (χ4v) is 5.13. The number of carbonyl (C=O) groups excluding carboxylic acids is 1. The first-order valence-corrected chi connectivity index (χ1v) is 11.1. The Hall–Kier alpha value is -2.38. The molecule has 0 bridgehead atoms. The minimum atomic E-state index is -3.54. The van der Waals surface area contributed by atoms with Gasteiger partial charge in [-0.2, -0.15) is 4.31 Å². The maximum absolute atomic E-state index is 13.0. The second kappa shape index (κ2) is 9.21. The predicted molar refractivity (Wildman–Crippen MR) is 109 cm³/mol. The molecule has 28 heavy (non-hydrogen) atoms. The van der Waals surface area contributed by atoms with Gasteiger partial charge >= 0.3 is 6.03 Å². The van der Waals surface area contributed by atoms with Crippen LogP contribution in [0.1, 0.15) is 43.4 Å². The lowest BCUT2D eigenvalue weighted by molar-refractivity contribution is 0.237. The number of carbonyl (C=O) groups is 1. The SMILES string of the molecule is CC(NC(=O)NCc1ccccc1S(=O)(=O)N1CCCCC1)c1ccccc1. The zero-order valence-electron chi connectivity index (χ0n) is 16.1. The summed E-state index contributed by atoms with van der Waals surface area (Å²) in [5.74, 6) is 0. The number of hydrogen-bond donors (Lipinski definition) is 2. The molecule has 2 aromatic carbocycles. The minimum absolute atomic E-state index is 0.145. The number of benzene rings is 2. The summed E-state index contributed by atoms with van der Waals surface area (Å²) in [6, 6.07) is 16.1. The van der Waals surface area contributed by atoms with Crippen LogP contribution in [0.25, 0.3) is 0 Å². The van der Waals surface area contributed by atoms with Crippen molar-refractivity contribution in [3.63, 3.8) is 0 Å². The molecule has 1 heterocycles. The van der Waals surface area contributed by atoms with Crippen LogP contribution in [-0.4, -0.2) is 31.8 Å². The van der Waals surface area contributed by atoms with E-state index < -0.39 is 10.0 Å². The monoisotopic (exact) mass is 401 g/mol. The van der Waals surface area contributed by atoms with Gasteiger partial charge in [0.05, 0.1) is 10.9 Å². The normalized spacial score (nSPS) is 16.3. The third-order valence-electron chi connectivity index (χ3n) is 4.99. The highest BCUT2D eigenvalue weighted by atomic mass is 32.2. The fourth-order valence-electron chi connectivity index (χ4n) is 3.39. The smallest absolute Gasteiger partial charge is 0.315 e. The molecule has 2 amide bonds. The van der Waals surface area contributed by atoms with Gasteiger partial charge in [-0.25, -0.2) is 13.2 Å². The van der Waals surface area contributed by atoms with E-state index in [1.165, 1.54) is 0 Å². The Bertz CT molecular complexity index is 894. The molecule has 150 valence electrons. The Balaban J connectivity index is 1.66. The van der Waals surface area contributed by atoms with Gasteiger partial charge in [0.25, 0.3) is 0 Å². The van der Waals surface area contributed by atoms with E-state index in [-0.39, 0.29) is 23.5 Å². The molecule has 1 aliphatic rings. The molecule has 1 unspecified atom stereocenters. The predicted octanol–water partition coefficient (Wildman–Crippen LogP) is 3.42. The lowest BCUT2D eigenvalue weighted by Gasteiger charge is -2.27. The topological polar surface area (TPSA) is 78.5 Å². The van der Waals surface area contributed by atoms with Crippen molar-refractivity contribution in [3.05, 3.63) is 65.7 Å². The van der Waals surface area contributed by atoms with Crippen molar-refractivity contribution in [1.82, 2.24) is 14.9 Å². The summed E-state index contributed by atoms with van der Waals surface area (Å²) in [6.07, 6.45) is 2.84. The quantitative estimate of drug-likeness (QED) is 0.778. The van der Waals surface area contributed by atoms with Gasteiger partial charge < -0.3 is 10.6 Å². The van der Waals surface area contributed by atoms with Gasteiger partial charge in [0.2, 0.25) is 10.0 Å². The van der Waals surface area contributed by atoms with Crippen molar-refractivity contribution in [2.24, 2.45) is 0 Å². The Morgan fingerprint density at radius 3 is 2.36 bits per heavy atom. The Labute approximate surface area is 167 Å². The molecule has 0 saturated carbocycles. The van der Waals surface area contributed by atoms with Gasteiger partial charge in [-0.1, -0.05) is 55.0 Å². The van der Waals surface area contributed by atoms with E-state index in [4.69, 9.17) is 0 Å². The van der Waals surface area contributed by atoms with Gasteiger partial charge in [0, 0.05) is 19.6 Å². The van der Waals surface area contributed by atoms with E-state index in [2.05, 4.69) is 10.6 Å². The largest absolute Gasteiger partial charge is 0.334 e. The van der Waals surface area contributed by atoms with Crippen LogP contribution in [0.2, 0.25) is 0 Å². The molecular formula is C21H27N3O3S. The van der Waals surface area contributed by atoms with Crippen LogP contribution in [0.5, 0.6) is 0 Å². The lowest BCUT2D eigenvalue weighted by atomic mass is 10.1. The van der Waals surface area contributed by atoms with Crippen molar-refractivity contribution in [2.45, 2.75) is 43.7 Å². The molecule has 1 aliphatic heterocycles. The zero-order valence-corrected chi connectivity index (χ0v) is 16.9. The second-order valence-electron chi connectivity index (χ2n) is 7.03. The molecule has 1 fully saturated rings. The van der Waals surface area contributed by atoms with E-state index in [1.807, 2.05) is 37.3 Å². The Morgan fingerprint density at radius 1 is 1.00 bits per heavy atom. The van der Waals surface area contributed by atoms with Crippen LogP contribution in [0.15, 0.2) is 59.5 Å². The number of nitrogens with one attached hydrogen (secondary N) is 2. The van der Waals surface area contributed by atoms with E-state index in [1.54, 1.807) is 28.6 Å². The highest BCUT2D eigenvalue weighted by Gasteiger charge is 2.27. The molecule has 1 saturated heterocycles. The molecule has 0 spiro atoms. The number of sulfonamides is 1. The third kappa shape index (κ3) is 4.91. The average molecular weight is 402 g/mol. The minimum Gasteiger partial charge on any atom is -0.334 e. The van der Waals surface area contributed by atoms with Crippen LogP contribution < -0.4 is 10.6 Å². The summed E-state index contributed by atoms with van der Waals surface area (Å²) in [7, 11) is -3.54. The highest BCUT2D eigenvalue weighted by Crippen LogP contribution is 2.23. The second-order valence-corrected chi connectivity index (χ2v) is 8.94. The van der Waals surface area contributed by atoms with Crippen molar-refractivity contribution in [2.75, 3.05) is 13.1 Å². The summed E-state index contributed by atoms with van der Waals surface area (Å²) in [5.41, 5.74) is 1.60. The molecule has 2 aromatic rings. The summed E-state index contributed by atoms with van der Waals surface area (Å²) >= 11 is 0. The van der Waals surface area contributed by atoms with Gasteiger partial charge in [0.1, 0.15) is 0 Å². The molecule has 0 aliphatic carbocycles. The number of piperidine rings is 1. The van der Waals surface area contributed by atoms with Gasteiger partial charge in [-0.05, 0) is 37.0 Å². The van der Waals surface area contributed by atoms with E-state index in [0.717, 1.165) is 24.8 Å². The first kappa shape index (κ1) is 20.4. The fraction of sp³-hybridized carbons (Fsp3) is 0.381. The summed E-state index contributed by atoms with van der Waals surface area (Å²) in [6.45, 7) is 3.17. The van der Waals surface area contributed by atoms with Gasteiger partial charge in [-0.3, -0.25) is 0 Å². The maximum Gasteiger partial charge on any atom is 0.315 e. The van der Waals surface area contributed by atoms with Gasteiger partial charge in [-0.15, -0.1) is 0 Å². The van der Waals surface area contributed by atoms with Crippen LogP contribution in [0, 0.1) is 0 Å². The van der Waals surface area contributed by atoms with Crippen molar-refractivity contribution >= 4 is 16.1 Å². The van der Waals surface area contributed by atoms with Crippen LogP contribution in [0.3, 0.4) is 0 Å². The third-order valence-corrected chi connectivity index (χ3v) is 6.99.